The van der Waals surface area contributed by atoms with Crippen molar-refractivity contribution < 1.29 is 4.79 Å². The number of ketones is 1. The molecule has 0 heterocycles. The second-order valence-electron chi connectivity index (χ2n) is 7.09. The van der Waals surface area contributed by atoms with Crippen molar-refractivity contribution in [2.45, 2.75) is 39.5 Å². The van der Waals surface area contributed by atoms with E-state index in [1.807, 2.05) is 48.5 Å². The molecule has 0 bridgehead atoms. The van der Waals surface area contributed by atoms with Crippen molar-refractivity contribution in [1.82, 2.24) is 0 Å². The van der Waals surface area contributed by atoms with E-state index in [1.54, 1.807) is 6.92 Å². The normalized spacial score (nSPS) is 11.1. The minimum Gasteiger partial charge on any atom is -0.300 e. The number of Topliss-reactive ketones (excluding diaryl/α,β-unsaturated/α-hetero) is 1. The van der Waals surface area contributed by atoms with Gasteiger partial charge in [0, 0.05) is 6.42 Å². The van der Waals surface area contributed by atoms with Crippen molar-refractivity contribution in [3.05, 3.63) is 83.9 Å². The Bertz CT molecular complexity index is 924. The number of hydrogen-bond acceptors (Lipinski definition) is 3. The molecule has 0 radical (unpaired) electrons. The van der Waals surface area contributed by atoms with Crippen LogP contribution in [0.2, 0.25) is 0 Å². The molecule has 3 aromatic carbocycles. The number of carbonyl (C=O) groups is 1. The molecule has 0 aliphatic carbocycles. The number of aryl methyl sites for hydroxylation is 1. The first kappa shape index (κ1) is 19.7. The van der Waals surface area contributed by atoms with Crippen LogP contribution in [0.1, 0.15) is 37.8 Å². The molecule has 3 nitrogen and oxygen atoms in total. The van der Waals surface area contributed by atoms with Gasteiger partial charge in [-0.25, -0.2) is 0 Å². The molecule has 0 aliphatic rings. The molecule has 0 amide bonds. The zero-order chi connectivity index (χ0) is 19.8. The van der Waals surface area contributed by atoms with Gasteiger partial charge in [-0.3, -0.25) is 4.79 Å². The van der Waals surface area contributed by atoms with E-state index in [0.29, 0.717) is 6.42 Å². The molecule has 0 saturated carbocycles. The lowest BCUT2D eigenvalue weighted by Gasteiger charge is -2.04. The lowest BCUT2D eigenvalue weighted by atomic mass is 10.0. The number of azo groups is 1. The molecule has 0 spiro atoms. The van der Waals surface area contributed by atoms with Crippen LogP contribution in [-0.4, -0.2) is 5.78 Å². The van der Waals surface area contributed by atoms with Crippen molar-refractivity contribution in [2.75, 3.05) is 0 Å². The van der Waals surface area contributed by atoms with Gasteiger partial charge in [0.25, 0.3) is 0 Å². The molecule has 0 aromatic heterocycles. The van der Waals surface area contributed by atoms with Crippen LogP contribution in [0.5, 0.6) is 0 Å². The van der Waals surface area contributed by atoms with Crippen LogP contribution in [0.3, 0.4) is 0 Å². The van der Waals surface area contributed by atoms with E-state index < -0.39 is 0 Å². The molecule has 28 heavy (non-hydrogen) atoms. The number of benzene rings is 3. The van der Waals surface area contributed by atoms with Crippen LogP contribution in [-0.2, 0) is 17.6 Å². The first-order valence-corrected chi connectivity index (χ1v) is 9.83. The summed E-state index contributed by atoms with van der Waals surface area (Å²) in [4.78, 5) is 11.2. The van der Waals surface area contributed by atoms with E-state index in [0.717, 1.165) is 34.5 Å². The maximum absolute atomic E-state index is 11.2. The highest BCUT2D eigenvalue weighted by atomic mass is 16.1. The highest BCUT2D eigenvalue weighted by Gasteiger charge is 2.01. The van der Waals surface area contributed by atoms with E-state index in [-0.39, 0.29) is 5.78 Å². The Balaban J connectivity index is 1.63. The van der Waals surface area contributed by atoms with Crippen molar-refractivity contribution in [1.29, 1.82) is 0 Å². The van der Waals surface area contributed by atoms with Gasteiger partial charge in [0.05, 0.1) is 11.4 Å². The van der Waals surface area contributed by atoms with Crippen molar-refractivity contribution in [3.63, 3.8) is 0 Å². The van der Waals surface area contributed by atoms with Crippen LogP contribution in [0.25, 0.3) is 11.1 Å². The molecule has 0 N–H and O–H groups in total. The monoisotopic (exact) mass is 370 g/mol. The second-order valence-corrected chi connectivity index (χ2v) is 7.09. The van der Waals surface area contributed by atoms with Gasteiger partial charge < -0.3 is 0 Å². The van der Waals surface area contributed by atoms with E-state index in [2.05, 4.69) is 41.4 Å². The Kier molecular flexibility index (Phi) is 6.85. The number of rotatable bonds is 8. The first-order chi connectivity index (χ1) is 13.6. The first-order valence-electron chi connectivity index (χ1n) is 9.83. The maximum Gasteiger partial charge on any atom is 0.134 e. The Labute approximate surface area is 167 Å². The largest absolute Gasteiger partial charge is 0.300 e. The molecule has 0 atom stereocenters. The van der Waals surface area contributed by atoms with Gasteiger partial charge in [-0.1, -0.05) is 61.9 Å². The second kappa shape index (κ2) is 9.75. The van der Waals surface area contributed by atoms with Gasteiger partial charge in [0.2, 0.25) is 0 Å². The summed E-state index contributed by atoms with van der Waals surface area (Å²) < 4.78 is 0. The third-order valence-corrected chi connectivity index (χ3v) is 4.64. The Hall–Kier alpha value is -3.07. The van der Waals surface area contributed by atoms with Gasteiger partial charge >= 0.3 is 0 Å². The average molecular weight is 370 g/mol. The number of carbonyl (C=O) groups excluding carboxylic acids is 1. The zero-order valence-electron chi connectivity index (χ0n) is 16.6. The number of nitrogens with zero attached hydrogens (tertiary/aromatic N) is 2. The molecule has 0 fully saturated rings. The lowest BCUT2D eigenvalue weighted by molar-refractivity contribution is -0.116. The fraction of sp³-hybridized carbons (Fsp3) is 0.240. The quantitative estimate of drug-likeness (QED) is 0.385. The molecule has 0 saturated heterocycles. The van der Waals surface area contributed by atoms with Crippen LogP contribution >= 0.6 is 0 Å². The van der Waals surface area contributed by atoms with Crippen LogP contribution in [0, 0.1) is 0 Å². The average Bonchev–Trinajstić information content (AvgIpc) is 2.72. The van der Waals surface area contributed by atoms with E-state index >= 15 is 0 Å². The summed E-state index contributed by atoms with van der Waals surface area (Å²) in [5.41, 5.74) is 6.33. The SMILES string of the molecule is CCCCc1ccc(N=Nc2ccc(-c3ccc(CC(C)=O)cc3)cc2)cc1. The van der Waals surface area contributed by atoms with Gasteiger partial charge in [0.1, 0.15) is 5.78 Å². The summed E-state index contributed by atoms with van der Waals surface area (Å²) in [6.07, 6.45) is 4.02. The highest BCUT2D eigenvalue weighted by Crippen LogP contribution is 2.25. The topological polar surface area (TPSA) is 41.8 Å². The predicted molar refractivity (Wildman–Crippen MR) is 115 cm³/mol. The van der Waals surface area contributed by atoms with Crippen LogP contribution in [0.4, 0.5) is 11.4 Å². The van der Waals surface area contributed by atoms with Gasteiger partial charge in [-0.05, 0) is 66.3 Å². The molecular weight excluding hydrogens is 344 g/mol. The van der Waals surface area contributed by atoms with Crippen LogP contribution in [0.15, 0.2) is 83.0 Å². The van der Waals surface area contributed by atoms with Gasteiger partial charge in [-0.2, -0.15) is 10.2 Å². The third-order valence-electron chi connectivity index (χ3n) is 4.64. The molecule has 0 unspecified atom stereocenters. The number of unbranched alkanes of at least 4 members (excludes halogenated alkanes) is 1. The minimum atomic E-state index is 0.179. The molecule has 3 aromatic rings. The Morgan fingerprint density at radius 1 is 0.714 bits per heavy atom. The maximum atomic E-state index is 11.2. The molecular formula is C25H26N2O. The van der Waals surface area contributed by atoms with Gasteiger partial charge in [-0.15, -0.1) is 0 Å². The molecule has 3 heteroatoms. The van der Waals surface area contributed by atoms with Crippen LogP contribution < -0.4 is 0 Å². The highest BCUT2D eigenvalue weighted by molar-refractivity contribution is 5.78. The zero-order valence-corrected chi connectivity index (χ0v) is 16.6. The van der Waals surface area contributed by atoms with Gasteiger partial charge in [0.15, 0.2) is 0 Å². The van der Waals surface area contributed by atoms with E-state index in [1.165, 1.54) is 18.4 Å². The predicted octanol–water partition coefficient (Wildman–Crippen LogP) is 7.24. The summed E-state index contributed by atoms with van der Waals surface area (Å²) in [7, 11) is 0. The third kappa shape index (κ3) is 5.71. The molecule has 0 aliphatic heterocycles. The molecule has 3 rings (SSSR count). The van der Waals surface area contributed by atoms with E-state index in [4.69, 9.17) is 0 Å². The lowest BCUT2D eigenvalue weighted by Crippen LogP contribution is -1.95. The molecule has 142 valence electrons. The number of hydrogen-bond donors (Lipinski definition) is 0. The Morgan fingerprint density at radius 3 is 1.68 bits per heavy atom. The fourth-order valence-electron chi connectivity index (χ4n) is 3.05. The van der Waals surface area contributed by atoms with Crippen molar-refractivity contribution in [3.8, 4) is 11.1 Å². The summed E-state index contributed by atoms with van der Waals surface area (Å²) in [5, 5.41) is 8.67. The Morgan fingerprint density at radius 2 is 1.18 bits per heavy atom. The van der Waals surface area contributed by atoms with Crippen molar-refractivity contribution in [2.24, 2.45) is 10.2 Å². The smallest absolute Gasteiger partial charge is 0.134 e. The fourth-order valence-corrected chi connectivity index (χ4v) is 3.05. The summed E-state index contributed by atoms with van der Waals surface area (Å²) in [5.74, 6) is 0.179. The van der Waals surface area contributed by atoms with Crippen molar-refractivity contribution >= 4 is 17.2 Å². The standard InChI is InChI=1S/C25H26N2O/c1-3-4-5-20-8-14-24(15-9-20)26-27-25-16-12-23(13-17-25)22-10-6-21(7-11-22)18-19(2)28/h6-17H,3-5,18H2,1-2H3. The summed E-state index contributed by atoms with van der Waals surface area (Å²) in [6, 6.07) is 24.4. The van der Waals surface area contributed by atoms with E-state index in [9.17, 15) is 4.79 Å². The summed E-state index contributed by atoms with van der Waals surface area (Å²) >= 11 is 0. The minimum absolute atomic E-state index is 0.179. The summed E-state index contributed by atoms with van der Waals surface area (Å²) in [6.45, 7) is 3.82.